The van der Waals surface area contributed by atoms with Crippen LogP contribution in [0.2, 0.25) is 0 Å². The lowest BCUT2D eigenvalue weighted by atomic mass is 9.92. The van der Waals surface area contributed by atoms with Crippen LogP contribution in [0.5, 0.6) is 5.75 Å². The Kier molecular flexibility index (Phi) is 4.40. The molecule has 2 heterocycles. The molecular formula is C17H15BrNO5-. The van der Waals surface area contributed by atoms with Crippen molar-refractivity contribution in [2.75, 3.05) is 5.23 Å². The molecule has 126 valence electrons. The van der Waals surface area contributed by atoms with E-state index >= 15 is 0 Å². The van der Waals surface area contributed by atoms with Gasteiger partial charge in [0.15, 0.2) is 0 Å². The molecule has 0 fully saturated rings. The normalized spacial score (nSPS) is 11.2. The van der Waals surface area contributed by atoms with Gasteiger partial charge in [-0.3, -0.25) is 10.4 Å². The second-order valence-corrected chi connectivity index (χ2v) is 6.32. The highest BCUT2D eigenvalue weighted by Gasteiger charge is 2.25. The van der Waals surface area contributed by atoms with Crippen molar-refractivity contribution in [1.82, 2.24) is 0 Å². The third kappa shape index (κ3) is 3.06. The molecule has 0 aliphatic rings. The predicted octanol–water partition coefficient (Wildman–Crippen LogP) is 4.09. The van der Waals surface area contributed by atoms with Gasteiger partial charge in [-0.25, -0.2) is 0 Å². The van der Waals surface area contributed by atoms with Gasteiger partial charge >= 0.3 is 0 Å². The summed E-state index contributed by atoms with van der Waals surface area (Å²) in [7, 11) is 0. The molecule has 0 saturated carbocycles. The van der Waals surface area contributed by atoms with E-state index in [1.54, 1.807) is 24.3 Å². The fraction of sp³-hybridized carbons (Fsp3) is 0.176. The Balaban J connectivity index is 2.23. The van der Waals surface area contributed by atoms with Crippen LogP contribution in [0.3, 0.4) is 0 Å². The molecule has 2 N–H and O–H groups in total. The van der Waals surface area contributed by atoms with Crippen molar-refractivity contribution >= 4 is 21.6 Å². The molecule has 2 aromatic heterocycles. The Morgan fingerprint density at radius 2 is 1.54 bits per heavy atom. The molecule has 3 aromatic rings. The maximum atomic E-state index is 12.6. The number of halogens is 1. The van der Waals surface area contributed by atoms with Crippen molar-refractivity contribution in [2.45, 2.75) is 19.8 Å². The summed E-state index contributed by atoms with van der Waals surface area (Å²) >= 11 is 3.17. The van der Waals surface area contributed by atoms with Gasteiger partial charge in [0.1, 0.15) is 23.0 Å². The summed E-state index contributed by atoms with van der Waals surface area (Å²) in [6, 6.07) is 9.86. The molecule has 0 spiro atoms. The summed E-state index contributed by atoms with van der Waals surface area (Å²) in [4.78, 5) is 0. The molecule has 0 atom stereocenters. The van der Waals surface area contributed by atoms with Crippen molar-refractivity contribution in [2.24, 2.45) is 0 Å². The maximum absolute atomic E-state index is 12.6. The van der Waals surface area contributed by atoms with Gasteiger partial charge in [-0.15, -0.1) is 5.23 Å². The Labute approximate surface area is 146 Å². The van der Waals surface area contributed by atoms with Crippen LogP contribution in [-0.4, -0.2) is 10.4 Å². The van der Waals surface area contributed by atoms with E-state index in [0.29, 0.717) is 28.6 Å². The van der Waals surface area contributed by atoms with Gasteiger partial charge in [0.05, 0.1) is 11.6 Å². The van der Waals surface area contributed by atoms with Gasteiger partial charge in [0.2, 0.25) is 0 Å². The molecule has 0 aliphatic heterocycles. The summed E-state index contributed by atoms with van der Waals surface area (Å²) in [5.74, 6) is 1.58. The zero-order valence-electron chi connectivity index (χ0n) is 13.0. The van der Waals surface area contributed by atoms with Gasteiger partial charge in [-0.05, 0) is 55.8 Å². The first-order valence-corrected chi connectivity index (χ1v) is 7.97. The minimum Gasteiger partial charge on any atom is -0.871 e. The molecular weight excluding hydrogens is 378 g/mol. The van der Waals surface area contributed by atoms with Crippen LogP contribution in [-0.2, 0) is 0 Å². The zero-order chi connectivity index (χ0) is 17.4. The summed E-state index contributed by atoms with van der Waals surface area (Å²) in [5, 5.41) is 31.2. The molecule has 0 aliphatic carbocycles. The van der Waals surface area contributed by atoms with E-state index in [1.165, 1.54) is 12.1 Å². The van der Waals surface area contributed by atoms with Gasteiger partial charge < -0.3 is 13.9 Å². The highest BCUT2D eigenvalue weighted by atomic mass is 79.9. The lowest BCUT2D eigenvalue weighted by Gasteiger charge is -2.23. The van der Waals surface area contributed by atoms with Crippen LogP contribution in [0.4, 0.5) is 5.69 Å². The third-order valence-corrected chi connectivity index (χ3v) is 4.28. The quantitative estimate of drug-likeness (QED) is 0.649. The molecule has 7 heteroatoms. The molecule has 0 amide bonds. The predicted molar refractivity (Wildman–Crippen MR) is 87.5 cm³/mol. The Morgan fingerprint density at radius 3 is 1.96 bits per heavy atom. The minimum atomic E-state index is -0.601. The number of anilines is 1. The molecule has 0 saturated heterocycles. The lowest BCUT2D eigenvalue weighted by Crippen LogP contribution is -2.14. The van der Waals surface area contributed by atoms with Crippen LogP contribution in [0.15, 0.2) is 49.7 Å². The van der Waals surface area contributed by atoms with Gasteiger partial charge in [0, 0.05) is 4.47 Å². The fourth-order valence-corrected chi connectivity index (χ4v) is 3.06. The number of nitrogens with zero attached hydrogens (tertiary/aromatic N) is 1. The minimum absolute atomic E-state index is 0.0362. The van der Waals surface area contributed by atoms with Crippen LogP contribution in [0.25, 0.3) is 0 Å². The molecule has 0 bridgehead atoms. The highest BCUT2D eigenvalue weighted by molar-refractivity contribution is 9.10. The van der Waals surface area contributed by atoms with Gasteiger partial charge in [0.25, 0.3) is 0 Å². The van der Waals surface area contributed by atoms with Crippen LogP contribution in [0, 0.1) is 13.8 Å². The van der Waals surface area contributed by atoms with E-state index in [4.69, 9.17) is 8.83 Å². The second-order valence-electron chi connectivity index (χ2n) is 5.47. The summed E-state index contributed by atoms with van der Waals surface area (Å²) < 4.78 is 11.6. The first-order chi connectivity index (χ1) is 11.4. The fourth-order valence-electron chi connectivity index (χ4n) is 2.59. The SMILES string of the molecule is Cc1ccc(C(c2ccc(C)o2)c2cc(N(O)O)cc(Br)c2[O-])o1. The Morgan fingerprint density at radius 1 is 1.00 bits per heavy atom. The van der Waals surface area contributed by atoms with Gasteiger partial charge in [-0.1, -0.05) is 21.7 Å². The number of rotatable bonds is 4. The number of hydrogen-bond acceptors (Lipinski definition) is 6. The average Bonchev–Trinajstić information content (AvgIpc) is 3.12. The van der Waals surface area contributed by atoms with E-state index in [1.807, 2.05) is 13.8 Å². The van der Waals surface area contributed by atoms with Gasteiger partial charge in [-0.2, -0.15) is 0 Å². The van der Waals surface area contributed by atoms with E-state index < -0.39 is 5.92 Å². The zero-order valence-corrected chi connectivity index (χ0v) is 14.6. The van der Waals surface area contributed by atoms with Crippen molar-refractivity contribution in [1.29, 1.82) is 0 Å². The number of hydrogen-bond donors (Lipinski definition) is 2. The summed E-state index contributed by atoms with van der Waals surface area (Å²) in [6.07, 6.45) is 0. The number of furan rings is 2. The van der Waals surface area contributed by atoms with E-state index in [9.17, 15) is 15.5 Å². The third-order valence-electron chi connectivity index (χ3n) is 3.69. The number of benzene rings is 1. The maximum Gasteiger partial charge on any atom is 0.119 e. The molecule has 0 unspecified atom stereocenters. The standard InChI is InChI=1S/C17H16BrNO5/c1-9-3-5-14(23-9)16(15-6-4-10(2)24-15)12-7-11(19(21)22)8-13(18)17(12)20/h3-8,16,20-22H,1-2H3/p-1. The molecule has 1 aromatic carbocycles. The van der Waals surface area contributed by atoms with Crippen molar-refractivity contribution in [3.05, 3.63) is 69.5 Å². The van der Waals surface area contributed by atoms with E-state index in [2.05, 4.69) is 15.9 Å². The van der Waals surface area contributed by atoms with Crippen LogP contribution < -0.4 is 10.3 Å². The first kappa shape index (κ1) is 16.6. The van der Waals surface area contributed by atoms with E-state index in [0.717, 1.165) is 0 Å². The summed E-state index contributed by atoms with van der Waals surface area (Å²) in [5.41, 5.74) is 0.351. The largest absolute Gasteiger partial charge is 0.871 e. The molecule has 6 nitrogen and oxygen atoms in total. The molecule has 0 radical (unpaired) electrons. The number of aryl methyl sites for hydroxylation is 2. The Bertz CT molecular complexity index is 827. The van der Waals surface area contributed by atoms with Crippen LogP contribution in [0.1, 0.15) is 34.5 Å². The smallest absolute Gasteiger partial charge is 0.119 e. The van der Waals surface area contributed by atoms with Crippen molar-refractivity contribution in [3.63, 3.8) is 0 Å². The van der Waals surface area contributed by atoms with Crippen molar-refractivity contribution in [3.8, 4) is 5.75 Å². The van der Waals surface area contributed by atoms with E-state index in [-0.39, 0.29) is 21.1 Å². The summed E-state index contributed by atoms with van der Waals surface area (Å²) in [6.45, 7) is 3.61. The monoisotopic (exact) mass is 392 g/mol. The average molecular weight is 393 g/mol. The lowest BCUT2D eigenvalue weighted by molar-refractivity contribution is -0.270. The van der Waals surface area contributed by atoms with Crippen molar-refractivity contribution < 1.29 is 24.4 Å². The topological polar surface area (TPSA) is 93.0 Å². The Hall–Kier alpha value is -2.22. The second kappa shape index (κ2) is 6.35. The first-order valence-electron chi connectivity index (χ1n) is 7.18. The molecule has 3 rings (SSSR count). The van der Waals surface area contributed by atoms with Crippen LogP contribution >= 0.6 is 15.9 Å². The molecule has 24 heavy (non-hydrogen) atoms. The highest BCUT2D eigenvalue weighted by Crippen LogP contribution is 2.42.